The molecule has 0 radical (unpaired) electrons. The molecule has 0 aromatic heterocycles. The number of ether oxygens (including phenoxy) is 2. The first-order chi connectivity index (χ1) is 15.1. The highest BCUT2D eigenvalue weighted by Gasteiger charge is 2.75. The van der Waals surface area contributed by atoms with E-state index in [0.29, 0.717) is 32.4 Å². The minimum Gasteiger partial charge on any atom is -0.461 e. The number of likely N-dealkylation sites (tertiary alicyclic amines) is 1. The summed E-state index contributed by atoms with van der Waals surface area (Å²) >= 11 is 0. The molecule has 1 spiro atoms. The van der Waals surface area contributed by atoms with Gasteiger partial charge in [-0.1, -0.05) is 25.2 Å². The molecule has 4 aliphatic heterocycles. The van der Waals surface area contributed by atoms with Gasteiger partial charge in [-0.2, -0.15) is 0 Å². The first-order valence-electron chi connectivity index (χ1n) is 11.6. The van der Waals surface area contributed by atoms with Crippen LogP contribution in [0.3, 0.4) is 0 Å². The Balaban J connectivity index is 1.86. The number of unbranched alkanes of at least 4 members (excludes halogenated alkanes) is 1. The third-order valence-corrected chi connectivity index (χ3v) is 7.31. The van der Waals surface area contributed by atoms with Crippen LogP contribution in [-0.2, 0) is 23.9 Å². The lowest BCUT2D eigenvalue weighted by Gasteiger charge is -2.41. The van der Waals surface area contributed by atoms with Crippen LogP contribution < -0.4 is 0 Å². The SMILES string of the molecule is CC[C@@]12C=CCOC(=O)[C@@H]1[C@H]1C(=O)N(CCCCO)C3C(=O)N(C(C)(C)C)CC=C[C@@]31O2. The molecule has 0 bridgehead atoms. The van der Waals surface area contributed by atoms with Crippen LogP contribution in [0.1, 0.15) is 47.0 Å². The Morgan fingerprint density at radius 3 is 2.50 bits per heavy atom. The Hall–Kier alpha value is -2.19. The molecule has 0 aliphatic carbocycles. The fourth-order valence-corrected chi connectivity index (χ4v) is 5.83. The second-order valence-electron chi connectivity index (χ2n) is 10.1. The second-order valence-corrected chi connectivity index (χ2v) is 10.1. The summed E-state index contributed by atoms with van der Waals surface area (Å²) in [5.74, 6) is -2.54. The molecule has 0 aromatic carbocycles. The lowest BCUT2D eigenvalue weighted by Crippen LogP contribution is -2.59. The molecule has 5 atom stereocenters. The maximum absolute atomic E-state index is 14.0. The van der Waals surface area contributed by atoms with Gasteiger partial charge in [-0.25, -0.2) is 0 Å². The molecular weight excluding hydrogens is 412 g/mol. The second kappa shape index (κ2) is 7.99. The summed E-state index contributed by atoms with van der Waals surface area (Å²) in [6.45, 7) is 8.70. The van der Waals surface area contributed by atoms with E-state index in [1.165, 1.54) is 0 Å². The monoisotopic (exact) mass is 446 g/mol. The van der Waals surface area contributed by atoms with Crippen LogP contribution in [-0.4, -0.2) is 81.8 Å². The standard InChI is InChI=1S/C24H34N2O6/c1-5-23-10-9-15-31-21(30)17(23)16-19(28)25(12-6-7-14-27)18-20(29)26(22(2,3)4)13-8-11-24(16,18)32-23/h8-11,16-18,27H,5-7,12-15H2,1-4H3/t16-,17-,18?,23+,24-/m0/s1. The normalized spacial score (nSPS) is 36.5. The van der Waals surface area contributed by atoms with E-state index in [2.05, 4.69) is 0 Å². The van der Waals surface area contributed by atoms with Crippen molar-refractivity contribution in [3.8, 4) is 0 Å². The number of cyclic esters (lactones) is 1. The number of carbonyl (C=O) groups excluding carboxylic acids is 3. The summed E-state index contributed by atoms with van der Waals surface area (Å²) in [5, 5.41) is 9.25. The largest absolute Gasteiger partial charge is 0.461 e. The van der Waals surface area contributed by atoms with Crippen molar-refractivity contribution in [3.63, 3.8) is 0 Å². The molecule has 4 aliphatic rings. The van der Waals surface area contributed by atoms with Gasteiger partial charge in [-0.05, 0) is 46.1 Å². The molecule has 32 heavy (non-hydrogen) atoms. The van der Waals surface area contributed by atoms with Crippen molar-refractivity contribution in [1.82, 2.24) is 9.80 Å². The molecule has 2 amide bonds. The van der Waals surface area contributed by atoms with Crippen molar-refractivity contribution < 1.29 is 29.0 Å². The van der Waals surface area contributed by atoms with Gasteiger partial charge in [0.1, 0.15) is 29.8 Å². The van der Waals surface area contributed by atoms with Gasteiger partial charge in [0.2, 0.25) is 11.8 Å². The molecule has 8 heteroatoms. The quantitative estimate of drug-likeness (QED) is 0.390. The first kappa shape index (κ1) is 23.0. The fraction of sp³-hybridized carbons (Fsp3) is 0.708. The molecule has 1 unspecified atom stereocenters. The van der Waals surface area contributed by atoms with Crippen LogP contribution in [0.5, 0.6) is 0 Å². The van der Waals surface area contributed by atoms with E-state index < -0.39 is 40.6 Å². The minimum absolute atomic E-state index is 0.0123. The highest BCUT2D eigenvalue weighted by atomic mass is 16.6. The van der Waals surface area contributed by atoms with Crippen molar-refractivity contribution in [2.45, 2.75) is 69.7 Å². The molecule has 4 rings (SSSR count). The van der Waals surface area contributed by atoms with E-state index in [1.807, 2.05) is 45.9 Å². The van der Waals surface area contributed by atoms with Crippen LogP contribution >= 0.6 is 0 Å². The van der Waals surface area contributed by atoms with Crippen molar-refractivity contribution in [1.29, 1.82) is 0 Å². The molecule has 8 nitrogen and oxygen atoms in total. The zero-order valence-electron chi connectivity index (χ0n) is 19.4. The summed E-state index contributed by atoms with van der Waals surface area (Å²) < 4.78 is 12.2. The Bertz CT molecular complexity index is 861. The number of aliphatic hydroxyl groups is 1. The number of carbonyl (C=O) groups is 3. The number of aliphatic hydroxyl groups excluding tert-OH is 1. The number of esters is 1. The molecule has 4 heterocycles. The van der Waals surface area contributed by atoms with E-state index in [4.69, 9.17) is 9.47 Å². The lowest BCUT2D eigenvalue weighted by molar-refractivity contribution is -0.160. The maximum Gasteiger partial charge on any atom is 0.313 e. The van der Waals surface area contributed by atoms with Crippen LogP contribution in [0.25, 0.3) is 0 Å². The van der Waals surface area contributed by atoms with Crippen LogP contribution in [0.15, 0.2) is 24.3 Å². The number of rotatable bonds is 5. The third kappa shape index (κ3) is 3.22. The molecule has 176 valence electrons. The van der Waals surface area contributed by atoms with Gasteiger partial charge >= 0.3 is 5.97 Å². The number of amides is 2. The average Bonchev–Trinajstić information content (AvgIpc) is 2.99. The van der Waals surface area contributed by atoms with E-state index >= 15 is 0 Å². The summed E-state index contributed by atoms with van der Waals surface area (Å²) in [6.07, 6.45) is 8.92. The van der Waals surface area contributed by atoms with Crippen LogP contribution in [0, 0.1) is 11.8 Å². The topological polar surface area (TPSA) is 96.4 Å². The van der Waals surface area contributed by atoms with Crippen molar-refractivity contribution in [2.24, 2.45) is 11.8 Å². The first-order valence-corrected chi connectivity index (χ1v) is 11.6. The van der Waals surface area contributed by atoms with Gasteiger partial charge in [0, 0.05) is 25.2 Å². The van der Waals surface area contributed by atoms with Gasteiger partial charge in [0.05, 0.1) is 5.92 Å². The number of hydrogen-bond donors (Lipinski definition) is 1. The fourth-order valence-electron chi connectivity index (χ4n) is 5.83. The summed E-state index contributed by atoms with van der Waals surface area (Å²) in [5.41, 5.74) is -2.69. The Kier molecular flexibility index (Phi) is 5.74. The van der Waals surface area contributed by atoms with Gasteiger partial charge in [0.25, 0.3) is 0 Å². The van der Waals surface area contributed by atoms with E-state index in [-0.39, 0.29) is 25.0 Å². The van der Waals surface area contributed by atoms with Crippen LogP contribution in [0.2, 0.25) is 0 Å². The van der Waals surface area contributed by atoms with Gasteiger partial charge < -0.3 is 24.4 Å². The highest BCUT2D eigenvalue weighted by Crippen LogP contribution is 2.58. The number of hydrogen-bond acceptors (Lipinski definition) is 6. The molecular formula is C24H34N2O6. The zero-order chi connectivity index (χ0) is 23.3. The van der Waals surface area contributed by atoms with Crippen LogP contribution in [0.4, 0.5) is 0 Å². The summed E-state index contributed by atoms with van der Waals surface area (Å²) in [4.78, 5) is 44.3. The molecule has 2 fully saturated rings. The predicted octanol–water partition coefficient (Wildman–Crippen LogP) is 1.43. The average molecular weight is 447 g/mol. The minimum atomic E-state index is -1.24. The molecule has 0 aromatic rings. The summed E-state index contributed by atoms with van der Waals surface area (Å²) in [6, 6.07) is -0.867. The lowest BCUT2D eigenvalue weighted by atomic mass is 9.73. The van der Waals surface area contributed by atoms with Crippen molar-refractivity contribution >= 4 is 17.8 Å². The van der Waals surface area contributed by atoms with E-state index in [9.17, 15) is 19.5 Å². The Morgan fingerprint density at radius 2 is 1.84 bits per heavy atom. The molecule has 0 saturated carbocycles. The Labute approximate surface area is 189 Å². The number of fused-ring (bicyclic) bond motifs is 2. The molecule has 1 N–H and O–H groups in total. The number of nitrogens with zero attached hydrogens (tertiary/aromatic N) is 2. The smallest absolute Gasteiger partial charge is 0.313 e. The van der Waals surface area contributed by atoms with Gasteiger partial charge in [0.15, 0.2) is 0 Å². The summed E-state index contributed by atoms with van der Waals surface area (Å²) in [7, 11) is 0. The van der Waals surface area contributed by atoms with Crippen molar-refractivity contribution in [2.75, 3.05) is 26.3 Å². The van der Waals surface area contributed by atoms with Crippen molar-refractivity contribution in [3.05, 3.63) is 24.3 Å². The highest BCUT2D eigenvalue weighted by molar-refractivity contribution is 5.99. The molecule has 2 saturated heterocycles. The van der Waals surface area contributed by atoms with E-state index in [1.54, 1.807) is 15.9 Å². The zero-order valence-corrected chi connectivity index (χ0v) is 19.4. The Morgan fingerprint density at radius 1 is 1.09 bits per heavy atom. The van der Waals surface area contributed by atoms with Gasteiger partial charge in [-0.15, -0.1) is 0 Å². The third-order valence-electron chi connectivity index (χ3n) is 7.31. The maximum atomic E-state index is 14.0. The van der Waals surface area contributed by atoms with E-state index in [0.717, 1.165) is 0 Å². The predicted molar refractivity (Wildman–Crippen MR) is 116 cm³/mol. The van der Waals surface area contributed by atoms with Gasteiger partial charge in [-0.3, -0.25) is 14.4 Å².